The van der Waals surface area contributed by atoms with E-state index in [2.05, 4.69) is 12.2 Å². The maximum atomic E-state index is 4.84. The summed E-state index contributed by atoms with van der Waals surface area (Å²) in [4.78, 5) is 0.961. The molecule has 0 spiro atoms. The zero-order valence-corrected chi connectivity index (χ0v) is 5.64. The molecule has 0 unspecified atom stereocenters. The predicted octanol–water partition coefficient (Wildman–Crippen LogP) is 1.33. The van der Waals surface area contributed by atoms with Crippen LogP contribution >= 0.6 is 12.2 Å². The molecule has 0 saturated carbocycles. The van der Waals surface area contributed by atoms with Crippen LogP contribution < -0.4 is 5.32 Å². The Morgan fingerprint density at radius 1 is 1.71 bits per heavy atom. The molecule has 0 heterocycles. The Kier molecular flexibility index (Phi) is 4.00. The Morgan fingerprint density at radius 3 is 2.43 bits per heavy atom. The van der Waals surface area contributed by atoms with E-state index in [4.69, 9.17) is 12.2 Å². The molecule has 0 aromatic carbocycles. The molecule has 0 fully saturated rings. The van der Waals surface area contributed by atoms with Gasteiger partial charge in [0.05, 0.1) is 4.99 Å². The van der Waals surface area contributed by atoms with E-state index < -0.39 is 0 Å². The molecule has 0 aliphatic heterocycles. The van der Waals surface area contributed by atoms with Crippen LogP contribution in [0.15, 0.2) is 0 Å². The van der Waals surface area contributed by atoms with Gasteiger partial charge in [-0.1, -0.05) is 19.1 Å². The lowest BCUT2D eigenvalue weighted by atomic mass is 10.3. The highest BCUT2D eigenvalue weighted by Gasteiger charge is 1.84. The molecule has 0 amide bonds. The third-order valence-corrected chi connectivity index (χ3v) is 1.16. The van der Waals surface area contributed by atoms with E-state index in [1.54, 1.807) is 0 Å². The number of hydrogen-bond acceptors (Lipinski definition) is 1. The van der Waals surface area contributed by atoms with Gasteiger partial charge in [0.15, 0.2) is 0 Å². The molecule has 7 heavy (non-hydrogen) atoms. The van der Waals surface area contributed by atoms with Crippen molar-refractivity contribution in [3.8, 4) is 0 Å². The molecular formula is C5H11NS. The third-order valence-electron chi connectivity index (χ3n) is 0.756. The van der Waals surface area contributed by atoms with Crippen molar-refractivity contribution in [3.63, 3.8) is 0 Å². The molecule has 0 aromatic rings. The van der Waals surface area contributed by atoms with Gasteiger partial charge in [0.25, 0.3) is 0 Å². The van der Waals surface area contributed by atoms with Gasteiger partial charge < -0.3 is 5.32 Å². The van der Waals surface area contributed by atoms with Crippen LogP contribution in [0.1, 0.15) is 19.8 Å². The molecule has 0 radical (unpaired) electrons. The standard InChI is InChI=1S/C5H11NS/c1-3-4-5(7)6-2/h3-4H2,1-2H3,(H,6,7). The van der Waals surface area contributed by atoms with Crippen molar-refractivity contribution in [2.75, 3.05) is 7.05 Å². The molecule has 0 saturated heterocycles. The highest BCUT2D eigenvalue weighted by molar-refractivity contribution is 7.80. The summed E-state index contributed by atoms with van der Waals surface area (Å²) >= 11 is 4.84. The van der Waals surface area contributed by atoms with Crippen LogP contribution in [0, 0.1) is 0 Å². The Hall–Kier alpha value is -0.110. The summed E-state index contributed by atoms with van der Waals surface area (Å²) in [6.07, 6.45) is 2.16. The molecule has 0 bridgehead atoms. The fraction of sp³-hybridized carbons (Fsp3) is 0.800. The maximum Gasteiger partial charge on any atom is 0.0750 e. The van der Waals surface area contributed by atoms with E-state index in [9.17, 15) is 0 Å². The van der Waals surface area contributed by atoms with Crippen molar-refractivity contribution in [3.05, 3.63) is 0 Å². The van der Waals surface area contributed by atoms with E-state index in [-0.39, 0.29) is 0 Å². The molecule has 0 rings (SSSR count). The van der Waals surface area contributed by atoms with Crippen LogP contribution in [0.4, 0.5) is 0 Å². The van der Waals surface area contributed by atoms with Gasteiger partial charge in [-0.15, -0.1) is 0 Å². The van der Waals surface area contributed by atoms with Crippen molar-refractivity contribution in [2.24, 2.45) is 0 Å². The smallest absolute Gasteiger partial charge is 0.0750 e. The molecule has 0 atom stereocenters. The van der Waals surface area contributed by atoms with Crippen LogP contribution in [0.25, 0.3) is 0 Å². The van der Waals surface area contributed by atoms with Crippen molar-refractivity contribution in [1.82, 2.24) is 5.32 Å². The topological polar surface area (TPSA) is 12.0 Å². The van der Waals surface area contributed by atoms with Crippen LogP contribution in [0.5, 0.6) is 0 Å². The molecule has 2 heteroatoms. The average molecular weight is 117 g/mol. The molecule has 0 aliphatic carbocycles. The summed E-state index contributed by atoms with van der Waals surface area (Å²) in [6.45, 7) is 2.11. The lowest BCUT2D eigenvalue weighted by Gasteiger charge is -1.95. The van der Waals surface area contributed by atoms with Crippen molar-refractivity contribution < 1.29 is 0 Å². The van der Waals surface area contributed by atoms with Crippen molar-refractivity contribution in [2.45, 2.75) is 19.8 Å². The van der Waals surface area contributed by atoms with Gasteiger partial charge in [-0.25, -0.2) is 0 Å². The SMILES string of the molecule is CCCC(=S)NC. The summed E-state index contributed by atoms with van der Waals surface area (Å²) in [5.74, 6) is 0. The van der Waals surface area contributed by atoms with Gasteiger partial charge in [0.1, 0.15) is 0 Å². The maximum absolute atomic E-state index is 4.84. The summed E-state index contributed by atoms with van der Waals surface area (Å²) in [7, 11) is 1.86. The first-order valence-corrected chi connectivity index (χ1v) is 2.92. The van der Waals surface area contributed by atoms with E-state index in [0.29, 0.717) is 0 Å². The first-order valence-electron chi connectivity index (χ1n) is 2.51. The second kappa shape index (κ2) is 4.06. The van der Waals surface area contributed by atoms with Crippen LogP contribution in [-0.2, 0) is 0 Å². The van der Waals surface area contributed by atoms with E-state index in [0.717, 1.165) is 17.8 Å². The minimum Gasteiger partial charge on any atom is -0.383 e. The second-order valence-corrected chi connectivity index (χ2v) is 1.92. The number of thiocarbonyl (C=S) groups is 1. The van der Waals surface area contributed by atoms with Crippen molar-refractivity contribution in [1.29, 1.82) is 0 Å². The zero-order valence-electron chi connectivity index (χ0n) is 4.82. The van der Waals surface area contributed by atoms with Gasteiger partial charge in [-0.2, -0.15) is 0 Å². The number of nitrogens with one attached hydrogen (secondary N) is 1. The minimum atomic E-state index is 0.961. The van der Waals surface area contributed by atoms with Gasteiger partial charge in [-0.3, -0.25) is 0 Å². The van der Waals surface area contributed by atoms with Gasteiger partial charge in [0, 0.05) is 7.05 Å². The van der Waals surface area contributed by atoms with Crippen LogP contribution in [-0.4, -0.2) is 12.0 Å². The van der Waals surface area contributed by atoms with E-state index >= 15 is 0 Å². The summed E-state index contributed by atoms with van der Waals surface area (Å²) < 4.78 is 0. The average Bonchev–Trinajstić information content (AvgIpc) is 1.68. The zero-order chi connectivity index (χ0) is 5.70. The first-order chi connectivity index (χ1) is 3.31. The monoisotopic (exact) mass is 117 g/mol. The summed E-state index contributed by atoms with van der Waals surface area (Å²) in [5, 5.41) is 2.90. The Morgan fingerprint density at radius 2 is 2.29 bits per heavy atom. The molecule has 1 N–H and O–H groups in total. The summed E-state index contributed by atoms with van der Waals surface area (Å²) in [5.41, 5.74) is 0. The normalized spacial score (nSPS) is 8.29. The minimum absolute atomic E-state index is 0.961. The predicted molar refractivity (Wildman–Crippen MR) is 36.6 cm³/mol. The second-order valence-electron chi connectivity index (χ2n) is 1.42. The Bertz CT molecular complexity index is 61.1. The van der Waals surface area contributed by atoms with Gasteiger partial charge >= 0.3 is 0 Å². The fourth-order valence-corrected chi connectivity index (χ4v) is 0.556. The largest absolute Gasteiger partial charge is 0.383 e. The molecule has 0 aliphatic rings. The van der Waals surface area contributed by atoms with Crippen molar-refractivity contribution >= 4 is 17.2 Å². The van der Waals surface area contributed by atoms with Crippen LogP contribution in [0.3, 0.4) is 0 Å². The number of rotatable bonds is 2. The fourth-order valence-electron chi connectivity index (χ4n) is 0.352. The molecule has 0 aromatic heterocycles. The first kappa shape index (κ1) is 6.89. The van der Waals surface area contributed by atoms with Gasteiger partial charge in [0.2, 0.25) is 0 Å². The molecule has 42 valence electrons. The Balaban J connectivity index is 3.00. The van der Waals surface area contributed by atoms with Crippen LogP contribution in [0.2, 0.25) is 0 Å². The Labute approximate surface area is 50.1 Å². The third kappa shape index (κ3) is 3.73. The molecular weight excluding hydrogens is 106 g/mol. The number of hydrogen-bond donors (Lipinski definition) is 1. The van der Waals surface area contributed by atoms with Gasteiger partial charge in [-0.05, 0) is 12.8 Å². The lowest BCUT2D eigenvalue weighted by Crippen LogP contribution is -2.13. The highest BCUT2D eigenvalue weighted by atomic mass is 32.1. The lowest BCUT2D eigenvalue weighted by molar-refractivity contribution is 0.966. The van der Waals surface area contributed by atoms with E-state index in [1.807, 2.05) is 7.05 Å². The summed E-state index contributed by atoms with van der Waals surface area (Å²) in [6, 6.07) is 0. The highest BCUT2D eigenvalue weighted by Crippen LogP contribution is 1.85. The quantitative estimate of drug-likeness (QED) is 0.548. The molecule has 1 nitrogen and oxygen atoms in total. The van der Waals surface area contributed by atoms with E-state index in [1.165, 1.54) is 0 Å².